The van der Waals surface area contributed by atoms with E-state index < -0.39 is 208 Å². The van der Waals surface area contributed by atoms with Crippen LogP contribution < -0.4 is 21.3 Å². The third kappa shape index (κ3) is 39.5. The molecule has 0 aliphatic rings. The van der Waals surface area contributed by atoms with E-state index in [9.17, 15) is 95.8 Å². The van der Waals surface area contributed by atoms with Gasteiger partial charge >= 0.3 is 36.2 Å². The molecular weight excluding hydrogens is 1940 g/mol. The summed E-state index contributed by atoms with van der Waals surface area (Å²) in [4.78, 5) is 125. The second kappa shape index (κ2) is 53.2. The van der Waals surface area contributed by atoms with Crippen molar-refractivity contribution in [2.45, 2.75) is 296 Å². The average molecular weight is 2070 g/mol. The fourth-order valence-corrected chi connectivity index (χ4v) is 14.7. The minimum Gasteiger partial charge on any atom is -0.453 e. The molecule has 3 heterocycles. The van der Waals surface area contributed by atoms with E-state index in [1.165, 1.54) is 46.9 Å². The Morgan fingerprint density at radius 1 is 0.372 bits per heavy atom. The summed E-state index contributed by atoms with van der Waals surface area (Å²) in [5.41, 5.74) is -3.05. The molecule has 0 radical (unpaired) electrons. The summed E-state index contributed by atoms with van der Waals surface area (Å²) in [7, 11) is 0. The van der Waals surface area contributed by atoms with E-state index in [0.29, 0.717) is 12.4 Å². The van der Waals surface area contributed by atoms with Crippen LogP contribution in [-0.4, -0.2) is 199 Å². The van der Waals surface area contributed by atoms with Crippen LogP contribution in [0.2, 0.25) is 0 Å². The van der Waals surface area contributed by atoms with Gasteiger partial charge in [0.05, 0.1) is 72.6 Å². The Hall–Kier alpha value is -13.0. The largest absolute Gasteiger partial charge is 0.453 e. The van der Waals surface area contributed by atoms with Crippen molar-refractivity contribution in [3.8, 4) is 34.2 Å². The Bertz CT molecular complexity index is 5550. The van der Waals surface area contributed by atoms with Crippen molar-refractivity contribution in [1.82, 2.24) is 75.4 Å². The van der Waals surface area contributed by atoms with Gasteiger partial charge in [0.1, 0.15) is 57.5 Å². The highest BCUT2D eigenvalue weighted by atomic mass is 35.5. The number of alkyl halides is 6. The first-order valence-corrected chi connectivity index (χ1v) is 46.8. The van der Waals surface area contributed by atoms with Crippen molar-refractivity contribution >= 4 is 64.8 Å². The van der Waals surface area contributed by atoms with Gasteiger partial charge in [-0.3, -0.25) is 28.8 Å². The van der Waals surface area contributed by atoms with Gasteiger partial charge in [-0.2, -0.15) is 15.3 Å². The number of nitrogens with zero attached hydrogens (tertiary/aromatic N) is 11. The van der Waals surface area contributed by atoms with Crippen molar-refractivity contribution in [2.24, 2.45) is 16.2 Å². The number of aromatic nitrogens is 9. The maximum atomic E-state index is 15.0. The highest BCUT2D eigenvalue weighted by Crippen LogP contribution is 2.43. The maximum absolute atomic E-state index is 15.0. The number of benzene rings is 6. The first kappa shape index (κ1) is 121. The molecule has 9 aromatic rings. The number of ether oxygens (including phenoxy) is 6. The molecule has 9 rings (SSSR count). The van der Waals surface area contributed by atoms with Crippen molar-refractivity contribution in [3.05, 3.63) is 215 Å². The van der Waals surface area contributed by atoms with E-state index in [1.54, 1.807) is 133 Å². The van der Waals surface area contributed by atoms with Gasteiger partial charge in [0.2, 0.25) is 0 Å². The number of halogens is 13. The van der Waals surface area contributed by atoms with Crippen molar-refractivity contribution < 1.29 is 124 Å². The number of rotatable bonds is 36. The molecule has 0 bridgehead atoms. The summed E-state index contributed by atoms with van der Waals surface area (Å²) < 4.78 is 206. The number of amides is 5. The second-order valence-corrected chi connectivity index (χ2v) is 40.6. The Morgan fingerprint density at radius 2 is 0.641 bits per heavy atom. The van der Waals surface area contributed by atoms with Gasteiger partial charge in [-0.1, -0.05) is 153 Å². The van der Waals surface area contributed by atoms with Crippen LogP contribution in [0, 0.1) is 51.1 Å². The number of carbonyl (C=O) groups excluding carboxylic acids is 9. The summed E-state index contributed by atoms with van der Waals surface area (Å²) in [6.45, 7) is 38.4. The number of hydrogen-bond acceptors (Lipinski definition) is 22. The van der Waals surface area contributed by atoms with Crippen LogP contribution in [0.4, 0.5) is 67.1 Å². The minimum atomic E-state index is -3.03. The summed E-state index contributed by atoms with van der Waals surface area (Å²) in [5, 5.41) is 22.8. The van der Waals surface area contributed by atoms with E-state index in [2.05, 4.69) is 56.3 Å². The summed E-state index contributed by atoms with van der Waals surface area (Å²) in [6.07, 6.45) is -16.4. The number of nitrogens with one attached hydrogen (secondary N) is 4. The smallest absolute Gasteiger partial charge is 0.408 e. The van der Waals surface area contributed by atoms with Crippen LogP contribution >= 0.6 is 11.6 Å². The molecule has 0 saturated heterocycles. The van der Waals surface area contributed by atoms with Gasteiger partial charge in [0.15, 0.2) is 47.4 Å². The zero-order valence-corrected chi connectivity index (χ0v) is 86.4. The van der Waals surface area contributed by atoms with Crippen molar-refractivity contribution in [1.29, 1.82) is 0 Å². The molecule has 4 N–H and O–H groups in total. The van der Waals surface area contributed by atoms with Crippen LogP contribution in [0.5, 0.6) is 0 Å². The number of hydrogen-bond donors (Lipinski definition) is 4. The van der Waals surface area contributed by atoms with Gasteiger partial charge in [-0.05, 0) is 208 Å². The highest BCUT2D eigenvalue weighted by molar-refractivity contribution is 6.64. The Balaban J connectivity index is 0.000000319. The Labute approximate surface area is 840 Å². The zero-order valence-electron chi connectivity index (χ0n) is 85.6. The van der Waals surface area contributed by atoms with Gasteiger partial charge < -0.3 is 59.5 Å². The number of esters is 3. The molecule has 0 aliphatic heterocycles. The van der Waals surface area contributed by atoms with E-state index in [1.807, 2.05) is 87.5 Å². The van der Waals surface area contributed by atoms with Crippen LogP contribution in [0.15, 0.2) is 146 Å². The third-order valence-corrected chi connectivity index (χ3v) is 21.1. The van der Waals surface area contributed by atoms with Crippen LogP contribution in [0.25, 0.3) is 34.2 Å². The van der Waals surface area contributed by atoms with Gasteiger partial charge in [0.25, 0.3) is 36.3 Å². The first-order chi connectivity index (χ1) is 67.2. The van der Waals surface area contributed by atoms with Crippen molar-refractivity contribution in [3.63, 3.8) is 0 Å². The Kier molecular flexibility index (Phi) is 44.3. The first-order valence-electron chi connectivity index (χ1n) is 46.4. The molecule has 794 valence electrons. The lowest BCUT2D eigenvalue weighted by molar-refractivity contribution is -0.160. The van der Waals surface area contributed by atoms with Gasteiger partial charge in [-0.25, -0.2) is 96.1 Å². The van der Waals surface area contributed by atoms with Gasteiger partial charge in [-0.15, -0.1) is 0 Å². The molecule has 0 spiro atoms. The van der Waals surface area contributed by atoms with Crippen LogP contribution in [0.1, 0.15) is 238 Å². The Morgan fingerprint density at radius 3 is 0.890 bits per heavy atom. The van der Waals surface area contributed by atoms with E-state index in [4.69, 9.17) is 35.3 Å². The lowest BCUT2D eigenvalue weighted by Crippen LogP contribution is -2.50. The molecule has 30 nitrogen and oxygen atoms in total. The SMILES string of the molecule is CC(=O)O[C@@H](C)C(=O)Cl.CC(=O)O[C@@H](C)C(=O)N(CCC(NC(=O)OC(C)(C)C)C(F)F)[C@@H](c1nc(-c2cc(F)ccc2F)nn1Cc1ccccc1)C(C)(C)C.CC(=O)O[C@@H](C)C(=O)N(CC[C@H](NC(=O)OC(C)(C)C)C(F)F)[C@@H](c1nc(-c2cc(F)ccc2F)nn1Cc1ccccc1)C(C)(C)C.CC(C)(C)OC(=O)NC(CCN[C@@H](c1nc(-c2cc(F)ccc2F)nn1Cc1ccccc1)C(C)(C)C)C(F)F. The lowest BCUT2D eigenvalue weighted by atomic mass is 9.84. The van der Waals surface area contributed by atoms with E-state index in [0.717, 1.165) is 85.1 Å². The summed E-state index contributed by atoms with van der Waals surface area (Å²) >= 11 is 4.96. The molecule has 5 amide bonds. The molecular formula is C102H130ClF12N15O15. The third-order valence-electron chi connectivity index (χ3n) is 20.8. The average Bonchev–Trinajstić information content (AvgIpc) is 1.62. The summed E-state index contributed by atoms with van der Waals surface area (Å²) in [6, 6.07) is 28.9. The molecule has 43 heteroatoms. The van der Waals surface area contributed by atoms with E-state index >= 15 is 0 Å². The molecule has 3 aromatic heterocycles. The number of alkyl carbamates (subject to hydrolysis) is 3. The predicted octanol–water partition coefficient (Wildman–Crippen LogP) is 20.6. The fraction of sp³-hybridized carbons (Fsp3) is 0.500. The molecule has 0 aliphatic carbocycles. The molecule has 145 heavy (non-hydrogen) atoms. The van der Waals surface area contributed by atoms with Crippen LogP contribution in [0.3, 0.4) is 0 Å². The van der Waals surface area contributed by atoms with Crippen molar-refractivity contribution in [2.75, 3.05) is 19.6 Å². The lowest BCUT2D eigenvalue weighted by Gasteiger charge is -2.41. The molecule has 9 atom stereocenters. The van der Waals surface area contributed by atoms with E-state index in [-0.39, 0.29) is 85.0 Å². The molecule has 6 aromatic carbocycles. The summed E-state index contributed by atoms with van der Waals surface area (Å²) in [5.74, 6) is -7.34. The minimum absolute atomic E-state index is 0.0102. The quantitative estimate of drug-likeness (QED) is 0.0123. The topological polar surface area (TPSA) is 356 Å². The second-order valence-electron chi connectivity index (χ2n) is 40.2. The predicted molar refractivity (Wildman–Crippen MR) is 517 cm³/mol. The highest BCUT2D eigenvalue weighted by Gasteiger charge is 2.45. The zero-order chi connectivity index (χ0) is 109. The standard InChI is InChI=1S/2C34H43F4N5O5.C29H37F4N5O2.C5H7ClO3/c2*1-20(47-21(2)44)31(45)42(17-16-26(28(37)38)39-32(46)48-34(6,7)8)27(33(3,4)5)30-40-29(24-18-23(35)14-15-25(24)36)41-43(30)19-22-12-10-9-11-13-22;1-28(2,3)23(34-15-14-22(24(32)33)35-27(39)40-29(4,5)6)26-36-25(20-16-19(30)12-13-21(20)31)37-38(26)17-18-10-8-7-9-11-18;1-3(5(6)8)9-4(2)7/h2*9-15,18,20,26-28H,16-17,19H2,1-8H3,(H,39,46);7-13,16,22-24,34H,14-15,17H2,1-6H3,(H,35,39);3H,1-2H3/t20-,26?,27-;20-,26-,27-;22?,23-;3-/m0000/s1. The fourth-order valence-electron chi connectivity index (χ4n) is 14.6. The molecule has 0 fully saturated rings. The normalized spacial score (nSPS) is 13.7. The monoisotopic (exact) mass is 2070 g/mol. The molecule has 2 unspecified atom stereocenters. The number of carbonyl (C=O) groups is 9. The van der Waals surface area contributed by atoms with Crippen LogP contribution in [-0.2, 0) is 76.8 Å². The molecule has 0 saturated carbocycles. The maximum Gasteiger partial charge on any atom is 0.408 e. The van der Waals surface area contributed by atoms with Gasteiger partial charge in [0, 0.05) is 33.9 Å².